The zero-order valence-corrected chi connectivity index (χ0v) is 11.7. The summed E-state index contributed by atoms with van der Waals surface area (Å²) in [5.41, 5.74) is 1.17. The maximum atomic E-state index is 5.73. The molecule has 19 heavy (non-hydrogen) atoms. The molecule has 0 saturated heterocycles. The van der Waals surface area contributed by atoms with Crippen LogP contribution in [0.1, 0.15) is 29.0 Å². The lowest BCUT2D eigenvalue weighted by molar-refractivity contribution is 0.123. The maximum absolute atomic E-state index is 5.73. The lowest BCUT2D eigenvalue weighted by Crippen LogP contribution is -2.15. The molecule has 0 aliphatic heterocycles. The highest BCUT2D eigenvalue weighted by molar-refractivity contribution is 7.09. The minimum atomic E-state index is 0.642. The molecule has 2 aromatic heterocycles. The Morgan fingerprint density at radius 3 is 3.11 bits per heavy atom. The molecule has 1 saturated carbocycles. The van der Waals surface area contributed by atoms with Gasteiger partial charge in [-0.05, 0) is 30.4 Å². The molecule has 1 aliphatic rings. The summed E-state index contributed by atoms with van der Waals surface area (Å²) < 4.78 is 11.2. The van der Waals surface area contributed by atoms with E-state index in [0.29, 0.717) is 12.6 Å². The molecular weight excluding hydrogens is 258 g/mol. The topological polar surface area (TPSA) is 34.4 Å². The van der Waals surface area contributed by atoms with Crippen molar-refractivity contribution in [3.05, 3.63) is 46.0 Å². The van der Waals surface area contributed by atoms with E-state index >= 15 is 0 Å². The lowest BCUT2D eigenvalue weighted by atomic mass is 10.2. The van der Waals surface area contributed by atoms with E-state index in [9.17, 15) is 0 Å². The summed E-state index contributed by atoms with van der Waals surface area (Å²) in [5, 5.41) is 5.57. The zero-order chi connectivity index (χ0) is 12.9. The highest BCUT2D eigenvalue weighted by Gasteiger charge is 2.21. The smallest absolute Gasteiger partial charge is 0.123 e. The fourth-order valence-electron chi connectivity index (χ4n) is 1.98. The molecule has 0 bridgehead atoms. The van der Waals surface area contributed by atoms with Gasteiger partial charge in [-0.2, -0.15) is 0 Å². The highest BCUT2D eigenvalue weighted by atomic mass is 32.1. The summed E-state index contributed by atoms with van der Waals surface area (Å²) in [7, 11) is 0. The Labute approximate surface area is 117 Å². The third kappa shape index (κ3) is 3.93. The summed E-state index contributed by atoms with van der Waals surface area (Å²) >= 11 is 1.78. The molecule has 0 aromatic carbocycles. The molecule has 2 heterocycles. The molecule has 0 radical (unpaired) electrons. The van der Waals surface area contributed by atoms with Crippen LogP contribution in [0.3, 0.4) is 0 Å². The molecule has 1 aliphatic carbocycles. The second-order valence-electron chi connectivity index (χ2n) is 4.91. The molecule has 0 unspecified atom stereocenters. The first-order valence-corrected chi connectivity index (χ1v) is 7.68. The van der Waals surface area contributed by atoms with E-state index in [1.165, 1.54) is 23.3 Å². The van der Waals surface area contributed by atoms with Crippen LogP contribution in [0.15, 0.2) is 34.3 Å². The Hall–Kier alpha value is -1.10. The zero-order valence-electron chi connectivity index (χ0n) is 10.9. The van der Waals surface area contributed by atoms with Crippen molar-refractivity contribution in [2.75, 3.05) is 6.61 Å². The van der Waals surface area contributed by atoms with Crippen LogP contribution in [-0.2, 0) is 24.3 Å². The Bertz CT molecular complexity index is 488. The van der Waals surface area contributed by atoms with Crippen LogP contribution >= 0.6 is 11.3 Å². The second kappa shape index (κ2) is 6.37. The Morgan fingerprint density at radius 1 is 1.37 bits per heavy atom. The first-order chi connectivity index (χ1) is 9.42. The Morgan fingerprint density at radius 2 is 2.32 bits per heavy atom. The third-order valence-electron chi connectivity index (χ3n) is 3.30. The van der Waals surface area contributed by atoms with Crippen molar-refractivity contribution in [3.8, 4) is 0 Å². The highest BCUT2D eigenvalue weighted by Crippen LogP contribution is 2.20. The van der Waals surface area contributed by atoms with Crippen LogP contribution in [0, 0.1) is 0 Å². The Balaban J connectivity index is 1.40. The molecule has 3 rings (SSSR count). The van der Waals surface area contributed by atoms with E-state index in [-0.39, 0.29) is 0 Å². The summed E-state index contributed by atoms with van der Waals surface area (Å²) in [5.74, 6) is 1.02. The molecular formula is C15H19NO2S. The Kier molecular flexibility index (Phi) is 4.33. The van der Waals surface area contributed by atoms with E-state index < -0.39 is 0 Å². The summed E-state index contributed by atoms with van der Waals surface area (Å²) in [6.07, 6.45) is 5.34. The number of hydrogen-bond acceptors (Lipinski definition) is 4. The van der Waals surface area contributed by atoms with Crippen molar-refractivity contribution in [2.45, 2.75) is 38.5 Å². The van der Waals surface area contributed by atoms with Crippen LogP contribution in [-0.4, -0.2) is 12.6 Å². The van der Waals surface area contributed by atoms with Gasteiger partial charge in [-0.25, -0.2) is 0 Å². The molecule has 0 amide bonds. The first-order valence-electron chi connectivity index (χ1n) is 6.80. The van der Waals surface area contributed by atoms with Gasteiger partial charge in [0.05, 0.1) is 26.0 Å². The molecule has 4 heteroatoms. The normalized spacial score (nSPS) is 14.9. The molecule has 102 valence electrons. The molecule has 1 fully saturated rings. The summed E-state index contributed by atoms with van der Waals surface area (Å²) in [6, 6.07) is 6.95. The van der Waals surface area contributed by atoms with Crippen LogP contribution in [0.2, 0.25) is 0 Å². The van der Waals surface area contributed by atoms with E-state index in [2.05, 4.69) is 22.8 Å². The van der Waals surface area contributed by atoms with Crippen molar-refractivity contribution < 1.29 is 9.15 Å². The van der Waals surface area contributed by atoms with Gasteiger partial charge in [0, 0.05) is 22.9 Å². The molecule has 0 spiro atoms. The van der Waals surface area contributed by atoms with Gasteiger partial charge in [-0.1, -0.05) is 6.07 Å². The standard InChI is InChI=1S/C15H19NO2S/c1-2-14(19-9-1)6-7-17-11-12-5-8-18-15(12)10-16-13-3-4-13/h1-2,5,8-9,13,16H,3-4,6-7,10-11H2. The van der Waals surface area contributed by atoms with Gasteiger partial charge in [0.25, 0.3) is 0 Å². The van der Waals surface area contributed by atoms with Crippen LogP contribution in [0.5, 0.6) is 0 Å². The SMILES string of the molecule is c1csc(CCOCc2ccoc2CNC2CC2)c1. The largest absolute Gasteiger partial charge is 0.468 e. The van der Waals surface area contributed by atoms with Crippen molar-refractivity contribution >= 4 is 11.3 Å². The molecule has 1 N–H and O–H groups in total. The van der Waals surface area contributed by atoms with Crippen molar-refractivity contribution in [3.63, 3.8) is 0 Å². The second-order valence-corrected chi connectivity index (χ2v) is 5.94. The minimum Gasteiger partial charge on any atom is -0.468 e. The van der Waals surface area contributed by atoms with Crippen molar-refractivity contribution in [2.24, 2.45) is 0 Å². The van der Waals surface area contributed by atoms with Crippen LogP contribution in [0.25, 0.3) is 0 Å². The van der Waals surface area contributed by atoms with Gasteiger partial charge in [0.15, 0.2) is 0 Å². The van der Waals surface area contributed by atoms with Crippen molar-refractivity contribution in [1.29, 1.82) is 0 Å². The quantitative estimate of drug-likeness (QED) is 0.751. The number of furan rings is 1. The molecule has 0 atom stereocenters. The van der Waals surface area contributed by atoms with Gasteiger partial charge in [-0.3, -0.25) is 0 Å². The van der Waals surface area contributed by atoms with E-state index in [4.69, 9.17) is 9.15 Å². The summed E-state index contributed by atoms with van der Waals surface area (Å²) in [6.45, 7) is 2.23. The predicted octanol–water partition coefficient (Wildman–Crippen LogP) is 3.35. The van der Waals surface area contributed by atoms with Crippen LogP contribution < -0.4 is 5.32 Å². The third-order valence-corrected chi connectivity index (χ3v) is 4.23. The fourth-order valence-corrected chi connectivity index (χ4v) is 2.68. The van der Waals surface area contributed by atoms with Gasteiger partial charge < -0.3 is 14.5 Å². The minimum absolute atomic E-state index is 0.642. The first kappa shape index (κ1) is 12.9. The van der Waals surface area contributed by atoms with Gasteiger partial charge >= 0.3 is 0 Å². The van der Waals surface area contributed by atoms with Crippen molar-refractivity contribution in [1.82, 2.24) is 5.32 Å². The fraction of sp³-hybridized carbons (Fsp3) is 0.467. The van der Waals surface area contributed by atoms with E-state index in [1.807, 2.05) is 6.07 Å². The number of ether oxygens (including phenoxy) is 1. The summed E-state index contributed by atoms with van der Waals surface area (Å²) in [4.78, 5) is 1.38. The van der Waals surface area contributed by atoms with Gasteiger partial charge in [0.1, 0.15) is 5.76 Å². The van der Waals surface area contributed by atoms with Gasteiger partial charge in [-0.15, -0.1) is 11.3 Å². The maximum Gasteiger partial charge on any atom is 0.123 e. The van der Waals surface area contributed by atoms with E-state index in [1.54, 1.807) is 17.6 Å². The molecule has 3 nitrogen and oxygen atoms in total. The number of thiophene rings is 1. The predicted molar refractivity (Wildman–Crippen MR) is 76.2 cm³/mol. The molecule has 2 aromatic rings. The van der Waals surface area contributed by atoms with Gasteiger partial charge in [0.2, 0.25) is 0 Å². The average molecular weight is 277 g/mol. The van der Waals surface area contributed by atoms with E-state index in [0.717, 1.165) is 25.3 Å². The monoisotopic (exact) mass is 277 g/mol. The number of nitrogens with one attached hydrogen (secondary N) is 1. The average Bonchev–Trinajstić information content (AvgIpc) is 2.92. The number of rotatable bonds is 8. The number of hydrogen-bond donors (Lipinski definition) is 1. The van der Waals surface area contributed by atoms with Crippen LogP contribution in [0.4, 0.5) is 0 Å². The lowest BCUT2D eigenvalue weighted by Gasteiger charge is -2.05.